The Hall–Kier alpha value is -1.85. The van der Waals surface area contributed by atoms with E-state index < -0.39 is 23.8 Å². The average Bonchev–Trinajstić information content (AvgIpc) is 2.45. The first kappa shape index (κ1) is 15.5. The first-order valence-electron chi connectivity index (χ1n) is 6.55. The highest BCUT2D eigenvalue weighted by Crippen LogP contribution is 2.37. The van der Waals surface area contributed by atoms with Gasteiger partial charge in [0.1, 0.15) is 0 Å². The van der Waals surface area contributed by atoms with E-state index in [1.807, 2.05) is 19.1 Å². The van der Waals surface area contributed by atoms with Gasteiger partial charge in [-0.1, -0.05) is 42.5 Å². The van der Waals surface area contributed by atoms with Crippen molar-refractivity contribution in [1.82, 2.24) is 0 Å². The van der Waals surface area contributed by atoms with Crippen LogP contribution in [0.4, 0.5) is 13.2 Å². The zero-order valence-electron chi connectivity index (χ0n) is 11.6. The second-order valence-corrected chi connectivity index (χ2v) is 4.99. The minimum absolute atomic E-state index is 0.0146. The lowest BCUT2D eigenvalue weighted by Crippen LogP contribution is -2.29. The molecule has 0 bridgehead atoms. The fourth-order valence-electron chi connectivity index (χ4n) is 2.39. The van der Waals surface area contributed by atoms with Crippen LogP contribution in [0.25, 0.3) is 0 Å². The van der Waals surface area contributed by atoms with Gasteiger partial charge in [-0.05, 0) is 29.7 Å². The standard InChI is InChI=1S/C16H17F3N2/c1-10-6-2-3-7-11(10)14(20)15(21)12-8-4-5-9-13(12)16(17,18)19/h2-9,14-15H,20-21H2,1H3/t14?,15-/m1/s1. The molecule has 4 N–H and O–H groups in total. The number of benzene rings is 2. The molecule has 0 aliphatic heterocycles. The molecule has 1 unspecified atom stereocenters. The van der Waals surface area contributed by atoms with Gasteiger partial charge in [-0.2, -0.15) is 13.2 Å². The summed E-state index contributed by atoms with van der Waals surface area (Å²) in [6.45, 7) is 1.86. The van der Waals surface area contributed by atoms with Crippen molar-refractivity contribution < 1.29 is 13.2 Å². The van der Waals surface area contributed by atoms with Crippen LogP contribution in [-0.4, -0.2) is 0 Å². The van der Waals surface area contributed by atoms with Crippen LogP contribution < -0.4 is 11.5 Å². The molecule has 0 amide bonds. The number of alkyl halides is 3. The third-order valence-corrected chi connectivity index (χ3v) is 3.56. The van der Waals surface area contributed by atoms with Crippen LogP contribution in [0.5, 0.6) is 0 Å². The molecular weight excluding hydrogens is 277 g/mol. The summed E-state index contributed by atoms with van der Waals surface area (Å²) in [7, 11) is 0. The second-order valence-electron chi connectivity index (χ2n) is 4.99. The van der Waals surface area contributed by atoms with Crippen LogP contribution in [0.1, 0.15) is 34.3 Å². The van der Waals surface area contributed by atoms with E-state index in [1.54, 1.807) is 12.1 Å². The van der Waals surface area contributed by atoms with Gasteiger partial charge in [0, 0.05) is 12.1 Å². The van der Waals surface area contributed by atoms with Gasteiger partial charge in [-0.3, -0.25) is 0 Å². The number of hydrogen-bond donors (Lipinski definition) is 2. The number of hydrogen-bond acceptors (Lipinski definition) is 2. The van der Waals surface area contributed by atoms with E-state index in [0.29, 0.717) is 0 Å². The fourth-order valence-corrected chi connectivity index (χ4v) is 2.39. The summed E-state index contributed by atoms with van der Waals surface area (Å²) in [6.07, 6.45) is -4.44. The highest BCUT2D eigenvalue weighted by atomic mass is 19.4. The highest BCUT2D eigenvalue weighted by molar-refractivity contribution is 5.37. The summed E-state index contributed by atoms with van der Waals surface area (Å²) in [5.74, 6) is 0. The Bertz CT molecular complexity index is 623. The Kier molecular flexibility index (Phi) is 4.34. The Labute approximate surface area is 121 Å². The summed E-state index contributed by atoms with van der Waals surface area (Å²) in [4.78, 5) is 0. The third-order valence-electron chi connectivity index (χ3n) is 3.56. The molecular formula is C16H17F3N2. The SMILES string of the molecule is Cc1ccccc1C(N)[C@H](N)c1ccccc1C(F)(F)F. The Morgan fingerprint density at radius 1 is 0.810 bits per heavy atom. The molecule has 2 aromatic carbocycles. The molecule has 0 aromatic heterocycles. The molecule has 0 aliphatic carbocycles. The van der Waals surface area contributed by atoms with Crippen LogP contribution in [0.15, 0.2) is 48.5 Å². The van der Waals surface area contributed by atoms with Gasteiger partial charge in [0.2, 0.25) is 0 Å². The number of nitrogens with two attached hydrogens (primary N) is 2. The van der Waals surface area contributed by atoms with Crippen LogP contribution in [0.2, 0.25) is 0 Å². The molecule has 0 radical (unpaired) electrons. The van der Waals surface area contributed by atoms with Crippen molar-refractivity contribution in [3.8, 4) is 0 Å². The minimum Gasteiger partial charge on any atom is -0.322 e. The molecule has 112 valence electrons. The predicted molar refractivity (Wildman–Crippen MR) is 76.5 cm³/mol. The average molecular weight is 294 g/mol. The van der Waals surface area contributed by atoms with Crippen LogP contribution in [-0.2, 0) is 6.18 Å². The molecule has 2 nitrogen and oxygen atoms in total. The summed E-state index contributed by atoms with van der Waals surface area (Å²) in [5, 5.41) is 0. The molecule has 2 rings (SSSR count). The molecule has 0 saturated carbocycles. The first-order valence-corrected chi connectivity index (χ1v) is 6.55. The van der Waals surface area contributed by atoms with E-state index in [2.05, 4.69) is 0 Å². The summed E-state index contributed by atoms with van der Waals surface area (Å²) < 4.78 is 39.2. The zero-order valence-corrected chi connectivity index (χ0v) is 11.6. The van der Waals surface area contributed by atoms with Gasteiger partial charge in [0.05, 0.1) is 5.56 Å². The van der Waals surface area contributed by atoms with Crippen molar-refractivity contribution in [2.45, 2.75) is 25.2 Å². The van der Waals surface area contributed by atoms with Gasteiger partial charge >= 0.3 is 6.18 Å². The monoisotopic (exact) mass is 294 g/mol. The van der Waals surface area contributed by atoms with Gasteiger partial charge in [-0.25, -0.2) is 0 Å². The van der Waals surface area contributed by atoms with Gasteiger partial charge in [0.15, 0.2) is 0 Å². The van der Waals surface area contributed by atoms with Crippen molar-refractivity contribution in [2.75, 3.05) is 0 Å². The fraction of sp³-hybridized carbons (Fsp3) is 0.250. The van der Waals surface area contributed by atoms with E-state index in [1.165, 1.54) is 18.2 Å². The number of rotatable bonds is 3. The third kappa shape index (κ3) is 3.25. The van der Waals surface area contributed by atoms with Crippen molar-refractivity contribution in [2.24, 2.45) is 11.5 Å². The topological polar surface area (TPSA) is 52.0 Å². The maximum atomic E-state index is 13.1. The lowest BCUT2D eigenvalue weighted by atomic mass is 9.89. The molecule has 0 heterocycles. The van der Waals surface area contributed by atoms with Crippen LogP contribution >= 0.6 is 0 Å². The maximum absolute atomic E-state index is 13.1. The van der Waals surface area contributed by atoms with E-state index in [4.69, 9.17) is 11.5 Å². The second kappa shape index (κ2) is 5.87. The van der Waals surface area contributed by atoms with Crippen molar-refractivity contribution in [3.05, 3.63) is 70.8 Å². The largest absolute Gasteiger partial charge is 0.416 e. The zero-order chi connectivity index (χ0) is 15.6. The van der Waals surface area contributed by atoms with E-state index in [0.717, 1.165) is 17.2 Å². The number of halogens is 3. The predicted octanol–water partition coefficient (Wildman–Crippen LogP) is 3.71. The smallest absolute Gasteiger partial charge is 0.322 e. The summed E-state index contributed by atoms with van der Waals surface area (Å²) in [5.41, 5.74) is 13.0. The highest BCUT2D eigenvalue weighted by Gasteiger charge is 2.35. The first-order chi connectivity index (χ1) is 9.82. The van der Waals surface area contributed by atoms with Gasteiger partial charge < -0.3 is 11.5 Å². The molecule has 2 aromatic rings. The van der Waals surface area contributed by atoms with Crippen molar-refractivity contribution in [3.63, 3.8) is 0 Å². The molecule has 0 spiro atoms. The van der Waals surface area contributed by atoms with Crippen LogP contribution in [0.3, 0.4) is 0 Å². The van der Waals surface area contributed by atoms with E-state index in [-0.39, 0.29) is 5.56 Å². The van der Waals surface area contributed by atoms with Gasteiger partial charge in [0.25, 0.3) is 0 Å². The van der Waals surface area contributed by atoms with Crippen LogP contribution in [0, 0.1) is 6.92 Å². The van der Waals surface area contributed by atoms with E-state index in [9.17, 15) is 13.2 Å². The number of aryl methyl sites for hydroxylation is 1. The Morgan fingerprint density at radius 3 is 1.86 bits per heavy atom. The Morgan fingerprint density at radius 2 is 1.29 bits per heavy atom. The van der Waals surface area contributed by atoms with Gasteiger partial charge in [-0.15, -0.1) is 0 Å². The minimum atomic E-state index is -4.44. The molecule has 5 heteroatoms. The maximum Gasteiger partial charge on any atom is 0.416 e. The quantitative estimate of drug-likeness (QED) is 0.906. The van der Waals surface area contributed by atoms with Crippen molar-refractivity contribution in [1.29, 1.82) is 0 Å². The lowest BCUT2D eigenvalue weighted by molar-refractivity contribution is -0.138. The molecule has 21 heavy (non-hydrogen) atoms. The molecule has 0 aliphatic rings. The molecule has 2 atom stereocenters. The summed E-state index contributed by atoms with van der Waals surface area (Å²) >= 11 is 0. The Balaban J connectivity index is 2.41. The molecule has 0 saturated heterocycles. The molecule has 0 fully saturated rings. The summed E-state index contributed by atoms with van der Waals surface area (Å²) in [6, 6.07) is 11.0. The van der Waals surface area contributed by atoms with E-state index >= 15 is 0 Å². The normalized spacial score (nSPS) is 14.8. The lowest BCUT2D eigenvalue weighted by Gasteiger charge is -2.25. The van der Waals surface area contributed by atoms with Crippen molar-refractivity contribution >= 4 is 0 Å².